The standard InChI is InChI=1S/C12H9ClF3N3S/c1-2-9-18-8(13)5-11(19-9)20-10-4-3-7(6-17-10)12(14,15)16/h3-6H,2H2,1H3. The molecular formula is C12H9ClF3N3S. The predicted molar refractivity (Wildman–Crippen MR) is 69.8 cm³/mol. The van der Waals surface area contributed by atoms with E-state index in [1.807, 2.05) is 6.92 Å². The van der Waals surface area contributed by atoms with Crippen LogP contribution in [0.4, 0.5) is 13.2 Å². The number of aromatic nitrogens is 3. The second-order valence-corrected chi connectivity index (χ2v) is 5.21. The molecule has 0 aliphatic heterocycles. The number of alkyl halides is 3. The number of aryl methyl sites for hydroxylation is 1. The van der Waals surface area contributed by atoms with Gasteiger partial charge in [0.05, 0.1) is 5.56 Å². The highest BCUT2D eigenvalue weighted by Crippen LogP contribution is 2.31. The Morgan fingerprint density at radius 2 is 1.95 bits per heavy atom. The average Bonchev–Trinajstić information content (AvgIpc) is 2.37. The molecule has 0 saturated heterocycles. The Morgan fingerprint density at radius 1 is 1.20 bits per heavy atom. The van der Waals surface area contributed by atoms with Crippen molar-refractivity contribution >= 4 is 23.4 Å². The van der Waals surface area contributed by atoms with E-state index in [0.717, 1.165) is 24.0 Å². The molecule has 0 saturated carbocycles. The molecule has 0 bridgehead atoms. The Balaban J connectivity index is 2.20. The van der Waals surface area contributed by atoms with E-state index in [1.165, 1.54) is 6.07 Å². The molecule has 2 aromatic heterocycles. The second-order valence-electron chi connectivity index (χ2n) is 3.78. The van der Waals surface area contributed by atoms with Gasteiger partial charge in [0, 0.05) is 18.7 Å². The van der Waals surface area contributed by atoms with Crippen molar-refractivity contribution in [3.63, 3.8) is 0 Å². The van der Waals surface area contributed by atoms with Gasteiger partial charge in [0.15, 0.2) is 0 Å². The SMILES string of the molecule is CCc1nc(Cl)cc(Sc2ccc(C(F)(F)F)cn2)n1. The average molecular weight is 320 g/mol. The monoisotopic (exact) mass is 319 g/mol. The molecule has 0 spiro atoms. The summed E-state index contributed by atoms with van der Waals surface area (Å²) < 4.78 is 37.2. The van der Waals surface area contributed by atoms with Crippen molar-refractivity contribution < 1.29 is 13.2 Å². The van der Waals surface area contributed by atoms with E-state index in [2.05, 4.69) is 15.0 Å². The molecule has 0 atom stereocenters. The summed E-state index contributed by atoms with van der Waals surface area (Å²) in [4.78, 5) is 12.0. The maximum atomic E-state index is 12.4. The summed E-state index contributed by atoms with van der Waals surface area (Å²) in [5, 5.41) is 1.26. The molecule has 3 nitrogen and oxygen atoms in total. The lowest BCUT2D eigenvalue weighted by atomic mass is 10.3. The van der Waals surface area contributed by atoms with E-state index in [1.54, 1.807) is 6.07 Å². The fourth-order valence-corrected chi connectivity index (χ4v) is 2.41. The van der Waals surface area contributed by atoms with Gasteiger partial charge in [0.2, 0.25) is 0 Å². The third-order valence-corrected chi connectivity index (χ3v) is 3.37. The highest BCUT2D eigenvalue weighted by molar-refractivity contribution is 7.99. The first-order valence-electron chi connectivity index (χ1n) is 5.63. The molecule has 0 unspecified atom stereocenters. The molecule has 2 aromatic rings. The molecular weight excluding hydrogens is 311 g/mol. The zero-order chi connectivity index (χ0) is 14.8. The summed E-state index contributed by atoms with van der Waals surface area (Å²) in [6.07, 6.45) is -2.97. The van der Waals surface area contributed by atoms with E-state index >= 15 is 0 Å². The number of halogens is 4. The molecule has 0 fully saturated rings. The number of rotatable bonds is 3. The van der Waals surface area contributed by atoms with Gasteiger partial charge in [-0.2, -0.15) is 13.2 Å². The molecule has 0 radical (unpaired) electrons. The molecule has 2 rings (SSSR count). The van der Waals surface area contributed by atoms with Crippen molar-refractivity contribution in [3.8, 4) is 0 Å². The lowest BCUT2D eigenvalue weighted by Gasteiger charge is -2.07. The van der Waals surface area contributed by atoms with Crippen LogP contribution >= 0.6 is 23.4 Å². The lowest BCUT2D eigenvalue weighted by Crippen LogP contribution is -2.05. The zero-order valence-corrected chi connectivity index (χ0v) is 11.9. The summed E-state index contributed by atoms with van der Waals surface area (Å²) in [7, 11) is 0. The quantitative estimate of drug-likeness (QED) is 0.792. The van der Waals surface area contributed by atoms with Crippen molar-refractivity contribution in [2.45, 2.75) is 29.6 Å². The van der Waals surface area contributed by atoms with Gasteiger partial charge in [0.25, 0.3) is 0 Å². The van der Waals surface area contributed by atoms with Crippen molar-refractivity contribution in [3.05, 3.63) is 40.9 Å². The molecule has 2 heterocycles. The number of nitrogens with zero attached hydrogens (tertiary/aromatic N) is 3. The van der Waals surface area contributed by atoms with Crippen LogP contribution in [0.15, 0.2) is 34.4 Å². The predicted octanol–water partition coefficient (Wildman–Crippen LogP) is 4.26. The minimum absolute atomic E-state index is 0.297. The van der Waals surface area contributed by atoms with Crippen molar-refractivity contribution in [2.24, 2.45) is 0 Å². The van der Waals surface area contributed by atoms with Gasteiger partial charge in [-0.1, -0.05) is 18.5 Å². The van der Waals surface area contributed by atoms with Gasteiger partial charge in [-0.15, -0.1) is 0 Å². The molecule has 8 heteroatoms. The van der Waals surface area contributed by atoms with Crippen LogP contribution in [0.5, 0.6) is 0 Å². The fourth-order valence-electron chi connectivity index (χ4n) is 1.37. The molecule has 106 valence electrons. The molecule has 0 aliphatic rings. The Bertz CT molecular complexity index is 602. The Kier molecular flexibility index (Phi) is 4.49. The van der Waals surface area contributed by atoms with Gasteiger partial charge in [-0.05, 0) is 23.9 Å². The minimum Gasteiger partial charge on any atom is -0.249 e. The topological polar surface area (TPSA) is 38.7 Å². The van der Waals surface area contributed by atoms with E-state index in [4.69, 9.17) is 11.6 Å². The Morgan fingerprint density at radius 3 is 2.50 bits per heavy atom. The smallest absolute Gasteiger partial charge is 0.249 e. The van der Waals surface area contributed by atoms with Gasteiger partial charge < -0.3 is 0 Å². The first-order valence-corrected chi connectivity index (χ1v) is 6.82. The first-order chi connectivity index (χ1) is 9.38. The lowest BCUT2D eigenvalue weighted by molar-refractivity contribution is -0.137. The zero-order valence-electron chi connectivity index (χ0n) is 10.3. The maximum Gasteiger partial charge on any atom is 0.417 e. The van der Waals surface area contributed by atoms with E-state index < -0.39 is 11.7 Å². The van der Waals surface area contributed by atoms with Gasteiger partial charge in [-0.25, -0.2) is 15.0 Å². The van der Waals surface area contributed by atoms with Crippen LogP contribution in [-0.2, 0) is 12.6 Å². The number of hydrogen-bond donors (Lipinski definition) is 0. The third kappa shape index (κ3) is 3.83. The first kappa shape index (κ1) is 15.1. The van der Waals surface area contributed by atoms with Gasteiger partial charge in [0.1, 0.15) is 21.0 Å². The summed E-state index contributed by atoms with van der Waals surface area (Å²) in [6.45, 7) is 1.89. The van der Waals surface area contributed by atoms with E-state index in [9.17, 15) is 13.2 Å². The number of hydrogen-bond acceptors (Lipinski definition) is 4. The van der Waals surface area contributed by atoms with E-state index in [-0.39, 0.29) is 0 Å². The molecule has 0 aromatic carbocycles. The molecule has 0 aliphatic carbocycles. The summed E-state index contributed by atoms with van der Waals surface area (Å²) >= 11 is 6.98. The van der Waals surface area contributed by atoms with Gasteiger partial charge >= 0.3 is 6.18 Å². The van der Waals surface area contributed by atoms with Gasteiger partial charge in [-0.3, -0.25) is 0 Å². The van der Waals surface area contributed by atoms with Crippen LogP contribution in [0.1, 0.15) is 18.3 Å². The summed E-state index contributed by atoms with van der Waals surface area (Å²) in [5.41, 5.74) is -0.781. The van der Waals surface area contributed by atoms with Crippen molar-refractivity contribution in [2.75, 3.05) is 0 Å². The van der Waals surface area contributed by atoms with Crippen molar-refractivity contribution in [1.29, 1.82) is 0 Å². The summed E-state index contributed by atoms with van der Waals surface area (Å²) in [5.74, 6) is 0.576. The van der Waals surface area contributed by atoms with Crippen LogP contribution in [0.2, 0.25) is 5.15 Å². The normalized spacial score (nSPS) is 11.7. The highest BCUT2D eigenvalue weighted by atomic mass is 35.5. The second kappa shape index (κ2) is 5.97. The van der Waals surface area contributed by atoms with Crippen LogP contribution in [-0.4, -0.2) is 15.0 Å². The third-order valence-electron chi connectivity index (χ3n) is 2.31. The molecule has 0 N–H and O–H groups in total. The summed E-state index contributed by atoms with van der Waals surface area (Å²) in [6, 6.07) is 3.83. The molecule has 20 heavy (non-hydrogen) atoms. The molecule has 0 amide bonds. The highest BCUT2D eigenvalue weighted by Gasteiger charge is 2.30. The maximum absolute atomic E-state index is 12.4. The number of pyridine rings is 1. The Hall–Kier alpha value is -1.34. The van der Waals surface area contributed by atoms with Crippen LogP contribution < -0.4 is 0 Å². The minimum atomic E-state index is -4.39. The van der Waals surface area contributed by atoms with Crippen LogP contribution in [0.25, 0.3) is 0 Å². The fraction of sp³-hybridized carbons (Fsp3) is 0.250. The van der Waals surface area contributed by atoms with E-state index in [0.29, 0.717) is 27.5 Å². The Labute approximate surface area is 122 Å². The van der Waals surface area contributed by atoms with Crippen LogP contribution in [0, 0.1) is 0 Å². The van der Waals surface area contributed by atoms with Crippen molar-refractivity contribution in [1.82, 2.24) is 15.0 Å². The largest absolute Gasteiger partial charge is 0.417 e. The van der Waals surface area contributed by atoms with Crippen LogP contribution in [0.3, 0.4) is 0 Å².